The standard InChI is InChI=1S/C18H16BrClN2O2/c1-13(7-8-14-5-3-2-4-6-14)21-22-18(23)12-24-17-10-9-15(20)11-16(17)19/h2-11H,12H2,1H3,(H,22,23)/b8-7+,21-13-. The lowest BCUT2D eigenvalue weighted by molar-refractivity contribution is -0.123. The molecule has 1 N–H and O–H groups in total. The zero-order chi connectivity index (χ0) is 17.4. The lowest BCUT2D eigenvalue weighted by Gasteiger charge is -2.07. The number of amides is 1. The number of rotatable bonds is 6. The number of ether oxygens (including phenoxy) is 1. The molecule has 0 radical (unpaired) electrons. The van der Waals surface area contributed by atoms with Crippen molar-refractivity contribution in [1.82, 2.24) is 5.43 Å². The first-order valence-electron chi connectivity index (χ1n) is 7.19. The smallest absolute Gasteiger partial charge is 0.277 e. The summed E-state index contributed by atoms with van der Waals surface area (Å²) < 4.78 is 6.10. The first-order chi connectivity index (χ1) is 11.5. The van der Waals surface area contributed by atoms with Gasteiger partial charge in [-0.25, -0.2) is 5.43 Å². The van der Waals surface area contributed by atoms with Gasteiger partial charge in [0, 0.05) is 5.02 Å². The molecular formula is C18H16BrClN2O2. The number of carbonyl (C=O) groups is 1. The van der Waals surface area contributed by atoms with Gasteiger partial charge in [0.05, 0.1) is 10.2 Å². The number of hydrazone groups is 1. The van der Waals surface area contributed by atoms with Crippen molar-refractivity contribution >= 4 is 45.2 Å². The largest absolute Gasteiger partial charge is 0.483 e. The minimum absolute atomic E-state index is 0.139. The van der Waals surface area contributed by atoms with Crippen LogP contribution in [-0.2, 0) is 4.79 Å². The highest BCUT2D eigenvalue weighted by molar-refractivity contribution is 9.10. The van der Waals surface area contributed by atoms with Crippen LogP contribution in [0.2, 0.25) is 5.02 Å². The molecule has 0 bridgehead atoms. The summed E-state index contributed by atoms with van der Waals surface area (Å²) in [6, 6.07) is 14.9. The summed E-state index contributed by atoms with van der Waals surface area (Å²) in [5.74, 6) is 0.198. The third kappa shape index (κ3) is 6.18. The molecule has 24 heavy (non-hydrogen) atoms. The number of hydrogen-bond acceptors (Lipinski definition) is 3. The van der Waals surface area contributed by atoms with Gasteiger partial charge >= 0.3 is 0 Å². The molecular weight excluding hydrogens is 392 g/mol. The van der Waals surface area contributed by atoms with Gasteiger partial charge in [-0.2, -0.15) is 5.10 Å². The molecule has 0 unspecified atom stereocenters. The number of hydrogen-bond donors (Lipinski definition) is 1. The topological polar surface area (TPSA) is 50.7 Å². The summed E-state index contributed by atoms with van der Waals surface area (Å²) >= 11 is 9.17. The third-order valence-electron chi connectivity index (χ3n) is 2.93. The highest BCUT2D eigenvalue weighted by Crippen LogP contribution is 2.27. The second-order valence-electron chi connectivity index (χ2n) is 4.90. The van der Waals surface area contributed by atoms with Crippen molar-refractivity contribution < 1.29 is 9.53 Å². The summed E-state index contributed by atoms with van der Waals surface area (Å²) in [6.07, 6.45) is 3.75. The molecule has 0 saturated heterocycles. The zero-order valence-corrected chi connectivity index (χ0v) is 15.3. The predicted molar refractivity (Wildman–Crippen MR) is 101 cm³/mol. The summed E-state index contributed by atoms with van der Waals surface area (Å²) in [5.41, 5.74) is 4.20. The summed E-state index contributed by atoms with van der Waals surface area (Å²) in [6.45, 7) is 1.66. The van der Waals surface area contributed by atoms with E-state index >= 15 is 0 Å². The second kappa shape index (κ2) is 9.25. The zero-order valence-electron chi connectivity index (χ0n) is 13.0. The van der Waals surface area contributed by atoms with Crippen molar-refractivity contribution in [2.24, 2.45) is 5.10 Å². The average Bonchev–Trinajstić information content (AvgIpc) is 2.58. The summed E-state index contributed by atoms with van der Waals surface area (Å²) in [5, 5.41) is 4.59. The van der Waals surface area contributed by atoms with E-state index < -0.39 is 0 Å². The van der Waals surface area contributed by atoms with Gasteiger partial charge in [0.1, 0.15) is 5.75 Å². The van der Waals surface area contributed by atoms with E-state index in [1.807, 2.05) is 42.5 Å². The van der Waals surface area contributed by atoms with Crippen LogP contribution in [0, 0.1) is 0 Å². The Labute approximate surface area is 154 Å². The first-order valence-corrected chi connectivity index (χ1v) is 8.36. The van der Waals surface area contributed by atoms with Crippen LogP contribution >= 0.6 is 27.5 Å². The Balaban J connectivity index is 1.82. The van der Waals surface area contributed by atoms with Gasteiger partial charge in [0.15, 0.2) is 6.61 Å². The van der Waals surface area contributed by atoms with Crippen LogP contribution in [0.25, 0.3) is 6.08 Å². The SMILES string of the molecule is CC(/C=C/c1ccccc1)=N/NC(=O)COc1ccc(Cl)cc1Br. The number of allylic oxidation sites excluding steroid dienone is 1. The van der Waals surface area contributed by atoms with Gasteiger partial charge in [-0.3, -0.25) is 4.79 Å². The Kier molecular flexibility index (Phi) is 7.03. The lowest BCUT2D eigenvalue weighted by atomic mass is 10.2. The number of benzene rings is 2. The van der Waals surface area contributed by atoms with Crippen molar-refractivity contribution in [3.8, 4) is 5.75 Å². The summed E-state index contributed by atoms with van der Waals surface area (Å²) in [4.78, 5) is 11.8. The fourth-order valence-electron chi connectivity index (χ4n) is 1.74. The van der Waals surface area contributed by atoms with Crippen molar-refractivity contribution in [2.45, 2.75) is 6.92 Å². The third-order valence-corrected chi connectivity index (χ3v) is 3.78. The molecule has 0 saturated carbocycles. The minimum Gasteiger partial charge on any atom is -0.483 e. The van der Waals surface area contributed by atoms with Gasteiger partial charge in [0.2, 0.25) is 0 Å². The molecule has 2 aromatic carbocycles. The number of halogens is 2. The van der Waals surface area contributed by atoms with E-state index in [2.05, 4.69) is 26.5 Å². The molecule has 124 valence electrons. The van der Waals surface area contributed by atoms with Crippen LogP contribution in [0.3, 0.4) is 0 Å². The van der Waals surface area contributed by atoms with Gasteiger partial charge in [-0.05, 0) is 52.7 Å². The quantitative estimate of drug-likeness (QED) is 0.558. The Hall–Kier alpha value is -2.11. The number of nitrogens with one attached hydrogen (secondary N) is 1. The molecule has 1 amide bonds. The summed E-state index contributed by atoms with van der Waals surface area (Å²) in [7, 11) is 0. The normalized spacial score (nSPS) is 11.5. The molecule has 0 aliphatic carbocycles. The Bertz CT molecular complexity index is 761. The molecule has 0 atom stereocenters. The highest BCUT2D eigenvalue weighted by atomic mass is 79.9. The molecule has 0 spiro atoms. The number of carbonyl (C=O) groups excluding carboxylic acids is 1. The van der Waals surface area contributed by atoms with E-state index in [-0.39, 0.29) is 12.5 Å². The highest BCUT2D eigenvalue weighted by Gasteiger charge is 2.05. The van der Waals surface area contributed by atoms with E-state index in [1.165, 1.54) is 0 Å². The Morgan fingerprint density at radius 3 is 2.75 bits per heavy atom. The van der Waals surface area contributed by atoms with Crippen LogP contribution in [0.4, 0.5) is 0 Å². The van der Waals surface area contributed by atoms with Gasteiger partial charge in [-0.1, -0.05) is 48.0 Å². The first kappa shape index (κ1) is 18.2. The van der Waals surface area contributed by atoms with Crippen molar-refractivity contribution in [3.63, 3.8) is 0 Å². The Morgan fingerprint density at radius 1 is 1.29 bits per heavy atom. The molecule has 6 heteroatoms. The lowest BCUT2D eigenvalue weighted by Crippen LogP contribution is -2.25. The molecule has 2 aromatic rings. The molecule has 0 aromatic heterocycles. The van der Waals surface area contributed by atoms with Crippen molar-refractivity contribution in [3.05, 3.63) is 69.7 Å². The second-order valence-corrected chi connectivity index (χ2v) is 6.19. The fourth-order valence-corrected chi connectivity index (χ4v) is 2.53. The maximum Gasteiger partial charge on any atom is 0.277 e. The van der Waals surface area contributed by atoms with Crippen molar-refractivity contribution in [2.75, 3.05) is 6.61 Å². The van der Waals surface area contributed by atoms with E-state index in [1.54, 1.807) is 25.1 Å². The minimum atomic E-state index is -0.343. The Morgan fingerprint density at radius 2 is 2.04 bits per heavy atom. The van der Waals surface area contributed by atoms with Crippen LogP contribution in [0.5, 0.6) is 5.75 Å². The van der Waals surface area contributed by atoms with Crippen LogP contribution in [-0.4, -0.2) is 18.2 Å². The van der Waals surface area contributed by atoms with Crippen LogP contribution < -0.4 is 10.2 Å². The van der Waals surface area contributed by atoms with Crippen molar-refractivity contribution in [1.29, 1.82) is 0 Å². The van der Waals surface area contributed by atoms with E-state index in [0.29, 0.717) is 21.0 Å². The van der Waals surface area contributed by atoms with Gasteiger partial charge in [0.25, 0.3) is 5.91 Å². The van der Waals surface area contributed by atoms with Gasteiger partial charge < -0.3 is 4.74 Å². The monoisotopic (exact) mass is 406 g/mol. The average molecular weight is 408 g/mol. The van der Waals surface area contributed by atoms with Gasteiger partial charge in [-0.15, -0.1) is 0 Å². The predicted octanol–water partition coefficient (Wildman–Crippen LogP) is 4.69. The molecule has 0 aliphatic heterocycles. The maximum atomic E-state index is 11.8. The van der Waals surface area contributed by atoms with E-state index in [0.717, 1.165) is 5.56 Å². The molecule has 0 aliphatic rings. The fraction of sp³-hybridized carbons (Fsp3) is 0.111. The van der Waals surface area contributed by atoms with E-state index in [4.69, 9.17) is 16.3 Å². The molecule has 0 fully saturated rings. The van der Waals surface area contributed by atoms with Crippen LogP contribution in [0.1, 0.15) is 12.5 Å². The molecule has 0 heterocycles. The van der Waals surface area contributed by atoms with Crippen LogP contribution in [0.15, 0.2) is 64.2 Å². The number of nitrogens with zero attached hydrogens (tertiary/aromatic N) is 1. The molecule has 4 nitrogen and oxygen atoms in total. The van der Waals surface area contributed by atoms with E-state index in [9.17, 15) is 4.79 Å². The molecule has 2 rings (SSSR count). The maximum absolute atomic E-state index is 11.8.